The number of aromatic hydroxyl groups is 1. The second-order valence-corrected chi connectivity index (χ2v) is 5.80. The standard InChI is InChI=1S/C20H17FN2O4/c1-12(24)16-6-7-17(19(21)20(16)25)26-11-13-3-2-4-15(9-13)27-18-8-5-14(22)10-23-18/h2-10,25H,11,22H2,1H3. The van der Waals surface area contributed by atoms with E-state index >= 15 is 0 Å². The number of phenols is 1. The van der Waals surface area contributed by atoms with E-state index in [1.54, 1.807) is 36.4 Å². The summed E-state index contributed by atoms with van der Waals surface area (Å²) < 4.78 is 25.2. The third-order valence-electron chi connectivity index (χ3n) is 3.73. The molecule has 0 aliphatic heterocycles. The van der Waals surface area contributed by atoms with Crippen LogP contribution in [-0.2, 0) is 6.61 Å². The van der Waals surface area contributed by atoms with E-state index in [0.29, 0.717) is 17.3 Å². The number of pyridine rings is 1. The first-order valence-electron chi connectivity index (χ1n) is 8.07. The molecule has 1 aromatic heterocycles. The number of Topliss-reactive ketones (excluding diaryl/α,β-unsaturated/α-hetero) is 1. The van der Waals surface area contributed by atoms with E-state index in [1.807, 2.05) is 0 Å². The van der Waals surface area contributed by atoms with Crippen LogP contribution >= 0.6 is 0 Å². The van der Waals surface area contributed by atoms with Crippen LogP contribution < -0.4 is 15.2 Å². The summed E-state index contributed by atoms with van der Waals surface area (Å²) in [6, 6.07) is 13.0. The number of benzene rings is 2. The molecule has 3 rings (SSSR count). The molecule has 0 radical (unpaired) electrons. The number of nitrogens with two attached hydrogens (primary N) is 1. The van der Waals surface area contributed by atoms with Gasteiger partial charge < -0.3 is 20.3 Å². The van der Waals surface area contributed by atoms with Crippen molar-refractivity contribution in [3.63, 3.8) is 0 Å². The van der Waals surface area contributed by atoms with Gasteiger partial charge >= 0.3 is 0 Å². The Morgan fingerprint density at radius 3 is 2.74 bits per heavy atom. The fraction of sp³-hybridized carbons (Fsp3) is 0.100. The van der Waals surface area contributed by atoms with Crippen molar-refractivity contribution in [3.8, 4) is 23.1 Å². The Bertz CT molecular complexity index is 974. The minimum atomic E-state index is -0.971. The van der Waals surface area contributed by atoms with Gasteiger partial charge in [-0.05, 0) is 42.8 Å². The summed E-state index contributed by atoms with van der Waals surface area (Å²) in [4.78, 5) is 15.4. The zero-order chi connectivity index (χ0) is 19.4. The molecule has 2 aromatic carbocycles. The molecule has 0 fully saturated rings. The second-order valence-electron chi connectivity index (χ2n) is 5.80. The molecule has 7 heteroatoms. The van der Waals surface area contributed by atoms with Crippen LogP contribution in [0.1, 0.15) is 22.8 Å². The van der Waals surface area contributed by atoms with E-state index < -0.39 is 17.3 Å². The van der Waals surface area contributed by atoms with Gasteiger partial charge in [-0.25, -0.2) is 4.98 Å². The molecule has 0 unspecified atom stereocenters. The van der Waals surface area contributed by atoms with Crippen LogP contribution in [0.5, 0.6) is 23.1 Å². The maximum atomic E-state index is 14.2. The molecule has 138 valence electrons. The van der Waals surface area contributed by atoms with Gasteiger partial charge in [0, 0.05) is 6.07 Å². The van der Waals surface area contributed by atoms with Crippen molar-refractivity contribution in [2.45, 2.75) is 13.5 Å². The highest BCUT2D eigenvalue weighted by atomic mass is 19.1. The number of hydrogen-bond acceptors (Lipinski definition) is 6. The Morgan fingerprint density at radius 1 is 1.22 bits per heavy atom. The molecular formula is C20H17FN2O4. The van der Waals surface area contributed by atoms with Gasteiger partial charge in [0.05, 0.1) is 17.4 Å². The number of hydrogen-bond donors (Lipinski definition) is 2. The van der Waals surface area contributed by atoms with Crippen LogP contribution in [-0.4, -0.2) is 15.9 Å². The highest BCUT2D eigenvalue weighted by molar-refractivity contribution is 5.96. The fourth-order valence-electron chi connectivity index (χ4n) is 2.37. The number of phenolic OH excluding ortho intramolecular Hbond substituents is 1. The third kappa shape index (κ3) is 4.33. The largest absolute Gasteiger partial charge is 0.504 e. The predicted molar refractivity (Wildman–Crippen MR) is 97.6 cm³/mol. The maximum Gasteiger partial charge on any atom is 0.219 e. The number of aromatic nitrogens is 1. The number of carbonyl (C=O) groups excluding carboxylic acids is 1. The van der Waals surface area contributed by atoms with Gasteiger partial charge in [-0.3, -0.25) is 4.79 Å². The molecule has 0 atom stereocenters. The van der Waals surface area contributed by atoms with Crippen molar-refractivity contribution in [1.29, 1.82) is 0 Å². The van der Waals surface area contributed by atoms with Gasteiger partial charge in [0.2, 0.25) is 11.7 Å². The number of rotatable bonds is 6. The molecule has 3 aromatic rings. The molecule has 0 spiro atoms. The molecule has 0 aliphatic rings. The first kappa shape index (κ1) is 18.2. The minimum absolute atomic E-state index is 0.0438. The van der Waals surface area contributed by atoms with Gasteiger partial charge in [-0.1, -0.05) is 12.1 Å². The Balaban J connectivity index is 1.71. The number of halogens is 1. The van der Waals surface area contributed by atoms with Gasteiger partial charge in [0.25, 0.3) is 0 Å². The monoisotopic (exact) mass is 368 g/mol. The lowest BCUT2D eigenvalue weighted by Crippen LogP contribution is -2.01. The van der Waals surface area contributed by atoms with Crippen molar-refractivity contribution < 1.29 is 23.8 Å². The number of anilines is 1. The number of nitrogens with zero attached hydrogens (tertiary/aromatic N) is 1. The first-order valence-corrected chi connectivity index (χ1v) is 8.07. The molecule has 0 amide bonds. The smallest absolute Gasteiger partial charge is 0.219 e. The normalized spacial score (nSPS) is 10.4. The summed E-state index contributed by atoms with van der Waals surface area (Å²) in [5.74, 6) is -1.35. The molecule has 0 aliphatic carbocycles. The van der Waals surface area contributed by atoms with Crippen molar-refractivity contribution in [2.24, 2.45) is 0 Å². The van der Waals surface area contributed by atoms with Crippen molar-refractivity contribution in [1.82, 2.24) is 4.98 Å². The lowest BCUT2D eigenvalue weighted by atomic mass is 10.1. The zero-order valence-electron chi connectivity index (χ0n) is 14.5. The summed E-state index contributed by atoms with van der Waals surface area (Å²) in [7, 11) is 0. The van der Waals surface area contributed by atoms with Crippen LogP contribution in [0.4, 0.5) is 10.1 Å². The Kier molecular flexibility index (Phi) is 5.21. The van der Waals surface area contributed by atoms with Crippen molar-refractivity contribution in [3.05, 3.63) is 71.7 Å². The number of carbonyl (C=O) groups is 1. The van der Waals surface area contributed by atoms with Gasteiger partial charge in [-0.2, -0.15) is 4.39 Å². The molecule has 0 saturated carbocycles. The summed E-state index contributed by atoms with van der Waals surface area (Å²) in [6.07, 6.45) is 1.49. The minimum Gasteiger partial charge on any atom is -0.504 e. The summed E-state index contributed by atoms with van der Waals surface area (Å²) in [6.45, 7) is 1.29. The first-order chi connectivity index (χ1) is 12.9. The fourth-order valence-corrected chi connectivity index (χ4v) is 2.37. The van der Waals surface area contributed by atoms with Crippen LogP contribution in [0.15, 0.2) is 54.7 Å². The van der Waals surface area contributed by atoms with Crippen LogP contribution in [0.25, 0.3) is 0 Å². The van der Waals surface area contributed by atoms with Crippen LogP contribution in [0.3, 0.4) is 0 Å². The molecule has 1 heterocycles. The number of ether oxygens (including phenoxy) is 2. The van der Waals surface area contributed by atoms with E-state index in [0.717, 1.165) is 5.56 Å². The number of nitrogen functional groups attached to an aromatic ring is 1. The maximum absolute atomic E-state index is 14.2. The third-order valence-corrected chi connectivity index (χ3v) is 3.73. The lowest BCUT2D eigenvalue weighted by molar-refractivity contribution is 0.101. The highest BCUT2D eigenvalue weighted by Crippen LogP contribution is 2.30. The molecular weight excluding hydrogens is 351 g/mol. The van der Waals surface area contributed by atoms with Crippen molar-refractivity contribution in [2.75, 3.05) is 5.73 Å². The Labute approximate surface area is 155 Å². The summed E-state index contributed by atoms with van der Waals surface area (Å²) >= 11 is 0. The molecule has 0 saturated heterocycles. The topological polar surface area (TPSA) is 94.7 Å². The van der Waals surface area contributed by atoms with E-state index in [1.165, 1.54) is 25.3 Å². The summed E-state index contributed by atoms with van der Waals surface area (Å²) in [5, 5.41) is 9.76. The van der Waals surface area contributed by atoms with Gasteiger partial charge in [-0.15, -0.1) is 0 Å². The van der Waals surface area contributed by atoms with Gasteiger partial charge in [0.1, 0.15) is 12.4 Å². The van der Waals surface area contributed by atoms with Crippen LogP contribution in [0, 0.1) is 5.82 Å². The van der Waals surface area contributed by atoms with E-state index in [-0.39, 0.29) is 17.9 Å². The molecule has 0 bridgehead atoms. The molecule has 3 N–H and O–H groups in total. The molecule has 6 nitrogen and oxygen atoms in total. The average Bonchev–Trinajstić information content (AvgIpc) is 2.65. The molecule has 27 heavy (non-hydrogen) atoms. The highest BCUT2D eigenvalue weighted by Gasteiger charge is 2.16. The number of ketones is 1. The summed E-state index contributed by atoms with van der Waals surface area (Å²) in [5.41, 5.74) is 6.75. The van der Waals surface area contributed by atoms with Gasteiger partial charge in [0.15, 0.2) is 17.3 Å². The SMILES string of the molecule is CC(=O)c1ccc(OCc2cccc(Oc3ccc(N)cn3)c2)c(F)c1O. The van der Waals surface area contributed by atoms with E-state index in [4.69, 9.17) is 15.2 Å². The Morgan fingerprint density at radius 2 is 2.04 bits per heavy atom. The van der Waals surface area contributed by atoms with E-state index in [9.17, 15) is 14.3 Å². The van der Waals surface area contributed by atoms with E-state index in [2.05, 4.69) is 4.98 Å². The second kappa shape index (κ2) is 7.74. The zero-order valence-corrected chi connectivity index (χ0v) is 14.5. The predicted octanol–water partition coefficient (Wildman–Crippen LogP) is 4.08. The van der Waals surface area contributed by atoms with Crippen LogP contribution in [0.2, 0.25) is 0 Å². The Hall–Kier alpha value is -3.61. The van der Waals surface area contributed by atoms with Crippen molar-refractivity contribution >= 4 is 11.5 Å². The average molecular weight is 368 g/mol. The quantitative estimate of drug-likeness (QED) is 0.637. The lowest BCUT2D eigenvalue weighted by Gasteiger charge is -2.11.